The van der Waals surface area contributed by atoms with E-state index in [0.29, 0.717) is 13.1 Å². The molecule has 170 valence electrons. The third-order valence-corrected chi connectivity index (χ3v) is 6.93. The summed E-state index contributed by atoms with van der Waals surface area (Å²) < 4.78 is 1.13. The molecule has 0 saturated heterocycles. The number of H-pyrrole nitrogens is 1. The lowest BCUT2D eigenvalue weighted by molar-refractivity contribution is 0.130. The van der Waals surface area contributed by atoms with E-state index in [1.165, 1.54) is 5.57 Å². The van der Waals surface area contributed by atoms with Gasteiger partial charge in [0, 0.05) is 37.1 Å². The molecule has 0 radical (unpaired) electrons. The fourth-order valence-electron chi connectivity index (χ4n) is 3.87. The highest BCUT2D eigenvalue weighted by Gasteiger charge is 2.28. The number of nitrogens with one attached hydrogen (secondary N) is 2. The van der Waals surface area contributed by atoms with Gasteiger partial charge in [-0.2, -0.15) is 0 Å². The highest BCUT2D eigenvalue weighted by Crippen LogP contribution is 2.30. The van der Waals surface area contributed by atoms with Gasteiger partial charge in [-0.05, 0) is 57.0 Å². The fraction of sp³-hybridized carbons (Fsp3) is 0.333. The van der Waals surface area contributed by atoms with Crippen molar-refractivity contribution in [2.45, 2.75) is 32.7 Å². The van der Waals surface area contributed by atoms with Crippen molar-refractivity contribution in [1.82, 2.24) is 29.7 Å². The maximum atomic E-state index is 12.8. The van der Waals surface area contributed by atoms with Crippen LogP contribution in [-0.2, 0) is 0 Å². The summed E-state index contributed by atoms with van der Waals surface area (Å²) in [5.41, 5.74) is 6.59. The highest BCUT2D eigenvalue weighted by atomic mass is 32.1. The summed E-state index contributed by atoms with van der Waals surface area (Å²) in [4.78, 5) is 33.1. The minimum Gasteiger partial charge on any atom is -0.340 e. The molecular formula is C24H27N7OS. The molecular weight excluding hydrogens is 434 g/mol. The van der Waals surface area contributed by atoms with Crippen molar-refractivity contribution in [3.8, 4) is 0 Å². The quantitative estimate of drug-likeness (QED) is 0.435. The third kappa shape index (κ3) is 4.16. The lowest BCUT2D eigenvalue weighted by Gasteiger charge is -2.37. The number of aromatic nitrogens is 4. The number of rotatable bonds is 3. The average molecular weight is 462 g/mol. The molecule has 4 aromatic rings. The molecule has 0 bridgehead atoms. The molecule has 8 nitrogen and oxygen atoms in total. The van der Waals surface area contributed by atoms with Crippen molar-refractivity contribution in [3.63, 3.8) is 0 Å². The first-order valence-electron chi connectivity index (χ1n) is 11.0. The molecule has 1 aromatic carbocycles. The summed E-state index contributed by atoms with van der Waals surface area (Å²) in [6.45, 7) is 7.41. The number of carbonyl (C=O) groups is 1. The maximum Gasteiger partial charge on any atom is 0.320 e. The summed E-state index contributed by atoms with van der Waals surface area (Å²) in [5, 5.41) is 4.36. The Morgan fingerprint density at radius 1 is 1.21 bits per heavy atom. The van der Waals surface area contributed by atoms with Gasteiger partial charge in [0.15, 0.2) is 0 Å². The van der Waals surface area contributed by atoms with Gasteiger partial charge in [-0.25, -0.2) is 19.7 Å². The molecule has 4 heterocycles. The lowest BCUT2D eigenvalue weighted by atomic mass is 10.0. The molecule has 2 N–H and O–H groups in total. The van der Waals surface area contributed by atoms with Crippen LogP contribution in [-0.4, -0.2) is 61.4 Å². The molecule has 0 fully saturated rings. The Hall–Kier alpha value is -3.46. The number of anilines is 2. The predicted molar refractivity (Wildman–Crippen MR) is 134 cm³/mol. The van der Waals surface area contributed by atoms with Gasteiger partial charge in [-0.1, -0.05) is 6.08 Å². The number of hydrogen-bond acceptors (Lipinski definition) is 6. The number of fused-ring (bicyclic) bond motifs is 2. The Morgan fingerprint density at radius 2 is 2.06 bits per heavy atom. The van der Waals surface area contributed by atoms with E-state index in [2.05, 4.69) is 43.5 Å². The molecule has 9 heteroatoms. The van der Waals surface area contributed by atoms with Crippen LogP contribution >= 0.6 is 11.3 Å². The van der Waals surface area contributed by atoms with Crippen LogP contribution < -0.4 is 5.32 Å². The summed E-state index contributed by atoms with van der Waals surface area (Å²) in [7, 11) is 1.86. The van der Waals surface area contributed by atoms with Crippen LogP contribution in [0.2, 0.25) is 0 Å². The second-order valence-electron chi connectivity index (χ2n) is 9.27. The number of thiazole rings is 1. The van der Waals surface area contributed by atoms with Crippen molar-refractivity contribution in [2.75, 3.05) is 25.5 Å². The molecule has 0 spiro atoms. The summed E-state index contributed by atoms with van der Waals surface area (Å²) in [6.07, 6.45) is 4.48. The normalized spacial score (nSPS) is 14.5. The first-order chi connectivity index (χ1) is 15.8. The van der Waals surface area contributed by atoms with Crippen molar-refractivity contribution < 1.29 is 4.79 Å². The number of amides is 2. The zero-order valence-electron chi connectivity index (χ0n) is 19.2. The van der Waals surface area contributed by atoms with E-state index in [1.54, 1.807) is 22.6 Å². The molecule has 3 aromatic heterocycles. The van der Waals surface area contributed by atoms with Crippen LogP contribution in [0.25, 0.3) is 26.8 Å². The smallest absolute Gasteiger partial charge is 0.320 e. The Balaban J connectivity index is 1.37. The van der Waals surface area contributed by atoms with Crippen molar-refractivity contribution in [2.24, 2.45) is 0 Å². The molecule has 1 aliphatic heterocycles. The lowest BCUT2D eigenvalue weighted by Crippen LogP contribution is -2.50. The van der Waals surface area contributed by atoms with Crippen LogP contribution in [0, 0.1) is 0 Å². The van der Waals surface area contributed by atoms with E-state index in [9.17, 15) is 4.79 Å². The molecule has 1 aliphatic rings. The maximum absolute atomic E-state index is 12.8. The number of benzene rings is 1. The first-order valence-corrected chi connectivity index (χ1v) is 11.8. The van der Waals surface area contributed by atoms with Gasteiger partial charge in [-0.15, -0.1) is 11.3 Å². The number of carbonyl (C=O) groups excluding carboxylic acids is 1. The largest absolute Gasteiger partial charge is 0.340 e. The zero-order valence-corrected chi connectivity index (χ0v) is 20.0. The first kappa shape index (κ1) is 21.4. The topological polar surface area (TPSA) is 90.0 Å². The number of nitrogens with zero attached hydrogens (tertiary/aromatic N) is 5. The van der Waals surface area contributed by atoms with E-state index >= 15 is 0 Å². The Labute approximate surface area is 196 Å². The summed E-state index contributed by atoms with van der Waals surface area (Å²) in [5.74, 6) is 0.756. The van der Waals surface area contributed by atoms with Gasteiger partial charge in [0.1, 0.15) is 17.8 Å². The predicted octanol–water partition coefficient (Wildman–Crippen LogP) is 5.25. The van der Waals surface area contributed by atoms with E-state index in [4.69, 9.17) is 0 Å². The standard InChI is InChI=1S/C24H27N7OS/c1-24(2,3)30(4)23(32)31-9-7-15(8-10-31)19-12-17-21(25-13-26-22(17)29-19)28-16-5-6-18-20(11-16)33-14-27-18/h5-7,11-14H,8-10H2,1-4H3,(H2,25,26,28,29). The van der Waals surface area contributed by atoms with Crippen LogP contribution in [0.15, 0.2) is 42.2 Å². The average Bonchev–Trinajstić information content (AvgIpc) is 3.45. The van der Waals surface area contributed by atoms with E-state index < -0.39 is 0 Å². The van der Waals surface area contributed by atoms with Crippen LogP contribution in [0.3, 0.4) is 0 Å². The monoisotopic (exact) mass is 461 g/mol. The molecule has 0 unspecified atom stereocenters. The van der Waals surface area contributed by atoms with Crippen LogP contribution in [0.5, 0.6) is 0 Å². The molecule has 0 saturated carbocycles. The van der Waals surface area contributed by atoms with Gasteiger partial charge in [0.2, 0.25) is 0 Å². The minimum atomic E-state index is -0.204. The summed E-state index contributed by atoms with van der Waals surface area (Å²) >= 11 is 1.62. The van der Waals surface area contributed by atoms with Crippen LogP contribution in [0.1, 0.15) is 32.9 Å². The van der Waals surface area contributed by atoms with E-state index in [-0.39, 0.29) is 11.6 Å². The molecule has 0 atom stereocenters. The number of urea groups is 1. The van der Waals surface area contributed by atoms with Crippen molar-refractivity contribution in [1.29, 1.82) is 0 Å². The van der Waals surface area contributed by atoms with Crippen molar-refractivity contribution in [3.05, 3.63) is 47.9 Å². The fourth-order valence-corrected chi connectivity index (χ4v) is 4.58. The van der Waals surface area contributed by atoms with E-state index in [1.807, 2.05) is 50.4 Å². The minimum absolute atomic E-state index is 0.0599. The Morgan fingerprint density at radius 3 is 2.82 bits per heavy atom. The van der Waals surface area contributed by atoms with Gasteiger partial charge in [-0.3, -0.25) is 0 Å². The van der Waals surface area contributed by atoms with Gasteiger partial charge < -0.3 is 20.1 Å². The molecule has 2 amide bonds. The molecule has 0 aliphatic carbocycles. The Kier molecular flexibility index (Phi) is 5.28. The van der Waals surface area contributed by atoms with Crippen molar-refractivity contribution >= 4 is 55.7 Å². The van der Waals surface area contributed by atoms with Gasteiger partial charge in [0.05, 0.1) is 21.1 Å². The third-order valence-electron chi connectivity index (χ3n) is 6.14. The second-order valence-corrected chi connectivity index (χ2v) is 10.2. The SMILES string of the molecule is CN(C(=O)N1CC=C(c2cc3c(Nc4ccc5ncsc5c4)ncnc3[nH]2)CC1)C(C)(C)C. The Bertz CT molecular complexity index is 1360. The second kappa shape index (κ2) is 8.15. The zero-order chi connectivity index (χ0) is 23.2. The number of aromatic amines is 1. The van der Waals surface area contributed by atoms with E-state index in [0.717, 1.165) is 44.9 Å². The van der Waals surface area contributed by atoms with Gasteiger partial charge >= 0.3 is 6.03 Å². The molecule has 5 rings (SSSR count). The summed E-state index contributed by atoms with van der Waals surface area (Å²) in [6, 6.07) is 8.25. The highest BCUT2D eigenvalue weighted by molar-refractivity contribution is 7.16. The van der Waals surface area contributed by atoms with Gasteiger partial charge in [0.25, 0.3) is 0 Å². The number of hydrogen-bond donors (Lipinski definition) is 2. The van der Waals surface area contributed by atoms with Crippen LogP contribution in [0.4, 0.5) is 16.3 Å². The molecule has 33 heavy (non-hydrogen) atoms.